The van der Waals surface area contributed by atoms with Crippen molar-refractivity contribution in [2.24, 2.45) is 10.9 Å². The van der Waals surface area contributed by atoms with Crippen molar-refractivity contribution in [3.8, 4) is 5.75 Å². The molecule has 2 rings (SSSR count). The maximum absolute atomic E-state index is 5.78. The van der Waals surface area contributed by atoms with E-state index in [9.17, 15) is 0 Å². The van der Waals surface area contributed by atoms with Gasteiger partial charge in [-0.3, -0.25) is 4.99 Å². The van der Waals surface area contributed by atoms with Gasteiger partial charge in [-0.2, -0.15) is 0 Å². The van der Waals surface area contributed by atoms with Crippen molar-refractivity contribution in [3.05, 3.63) is 24.3 Å². The Hall–Kier alpha value is -1.79. The fourth-order valence-corrected chi connectivity index (χ4v) is 3.45. The first kappa shape index (κ1) is 22.5. The molecule has 0 amide bonds. The zero-order chi connectivity index (χ0) is 20.0. The summed E-state index contributed by atoms with van der Waals surface area (Å²) in [6, 6.07) is 8.03. The van der Waals surface area contributed by atoms with Gasteiger partial charge in [0.2, 0.25) is 0 Å². The molecule has 1 heterocycles. The smallest absolute Gasteiger partial charge is 0.195 e. The van der Waals surface area contributed by atoms with Gasteiger partial charge in [0.05, 0.1) is 6.61 Å². The minimum Gasteiger partial charge on any atom is -0.493 e. The van der Waals surface area contributed by atoms with E-state index in [4.69, 9.17) is 14.5 Å². The van der Waals surface area contributed by atoms with Crippen LogP contribution < -0.4 is 15.4 Å². The lowest BCUT2D eigenvalue weighted by molar-refractivity contribution is 0.172. The first-order valence-electron chi connectivity index (χ1n) is 10.7. The minimum absolute atomic E-state index is 0.655. The molecule has 6 heteroatoms. The van der Waals surface area contributed by atoms with Gasteiger partial charge in [0, 0.05) is 45.0 Å². The average molecular weight is 391 g/mol. The SMILES string of the molecule is CCNC(=NCCC1CCN(CC)CC1)Nc1cccc(OCCCOC)c1. The molecule has 0 radical (unpaired) electrons. The highest BCUT2D eigenvalue weighted by atomic mass is 16.5. The predicted molar refractivity (Wildman–Crippen MR) is 117 cm³/mol. The number of methoxy groups -OCH3 is 1. The highest BCUT2D eigenvalue weighted by Gasteiger charge is 2.17. The third kappa shape index (κ3) is 8.48. The van der Waals surface area contributed by atoms with Crippen LogP contribution in [0.2, 0.25) is 0 Å². The monoisotopic (exact) mass is 390 g/mol. The van der Waals surface area contributed by atoms with Crippen molar-refractivity contribution in [3.63, 3.8) is 0 Å². The topological polar surface area (TPSA) is 58.1 Å². The Balaban J connectivity index is 1.81. The van der Waals surface area contributed by atoms with Crippen LogP contribution in [0.1, 0.15) is 39.5 Å². The number of guanidine groups is 1. The molecule has 2 N–H and O–H groups in total. The number of aliphatic imine (C=N–C) groups is 1. The number of rotatable bonds is 11. The molecule has 1 aromatic carbocycles. The van der Waals surface area contributed by atoms with Crippen molar-refractivity contribution in [2.75, 3.05) is 58.4 Å². The summed E-state index contributed by atoms with van der Waals surface area (Å²) in [5.41, 5.74) is 0.986. The maximum atomic E-state index is 5.78. The molecule has 0 spiro atoms. The van der Waals surface area contributed by atoms with Gasteiger partial charge in [-0.25, -0.2) is 0 Å². The highest BCUT2D eigenvalue weighted by molar-refractivity contribution is 5.93. The quantitative estimate of drug-likeness (QED) is 0.343. The lowest BCUT2D eigenvalue weighted by atomic mass is 9.94. The second kappa shape index (κ2) is 13.4. The second-order valence-electron chi connectivity index (χ2n) is 7.27. The summed E-state index contributed by atoms with van der Waals surface area (Å²) in [5.74, 6) is 2.50. The zero-order valence-electron chi connectivity index (χ0n) is 17.9. The van der Waals surface area contributed by atoms with Crippen LogP contribution in [-0.2, 0) is 4.74 Å². The van der Waals surface area contributed by atoms with E-state index >= 15 is 0 Å². The van der Waals surface area contributed by atoms with Gasteiger partial charge in [-0.15, -0.1) is 0 Å². The van der Waals surface area contributed by atoms with E-state index in [1.54, 1.807) is 7.11 Å². The molecule has 158 valence electrons. The molecule has 0 saturated carbocycles. The first-order chi connectivity index (χ1) is 13.7. The summed E-state index contributed by atoms with van der Waals surface area (Å²) in [6.07, 6.45) is 4.65. The number of piperidine rings is 1. The fourth-order valence-electron chi connectivity index (χ4n) is 3.45. The molecular weight excluding hydrogens is 352 g/mol. The molecule has 1 saturated heterocycles. The van der Waals surface area contributed by atoms with Crippen LogP contribution in [0.4, 0.5) is 5.69 Å². The third-order valence-corrected chi connectivity index (χ3v) is 5.16. The number of nitrogens with zero attached hydrogens (tertiary/aromatic N) is 2. The molecule has 28 heavy (non-hydrogen) atoms. The van der Waals surface area contributed by atoms with Gasteiger partial charge in [0.15, 0.2) is 5.96 Å². The number of ether oxygens (including phenoxy) is 2. The number of nitrogens with one attached hydrogen (secondary N) is 2. The Bertz CT molecular complexity index is 571. The molecule has 0 unspecified atom stereocenters. The van der Waals surface area contributed by atoms with E-state index in [1.165, 1.54) is 32.5 Å². The lowest BCUT2D eigenvalue weighted by Gasteiger charge is -2.30. The van der Waals surface area contributed by atoms with Crippen LogP contribution in [0, 0.1) is 5.92 Å². The summed E-state index contributed by atoms with van der Waals surface area (Å²) >= 11 is 0. The van der Waals surface area contributed by atoms with Crippen LogP contribution in [0.15, 0.2) is 29.3 Å². The van der Waals surface area contributed by atoms with Gasteiger partial charge in [0.25, 0.3) is 0 Å². The van der Waals surface area contributed by atoms with E-state index in [1.807, 2.05) is 24.3 Å². The summed E-state index contributed by atoms with van der Waals surface area (Å²) < 4.78 is 10.8. The summed E-state index contributed by atoms with van der Waals surface area (Å²) in [7, 11) is 1.71. The van der Waals surface area contributed by atoms with Gasteiger partial charge in [-0.05, 0) is 63.9 Å². The maximum Gasteiger partial charge on any atom is 0.195 e. The minimum atomic E-state index is 0.655. The molecule has 0 bridgehead atoms. The van der Waals surface area contributed by atoms with E-state index < -0.39 is 0 Å². The normalized spacial score (nSPS) is 16.2. The molecule has 1 aliphatic heterocycles. The van der Waals surface area contributed by atoms with Gasteiger partial charge < -0.3 is 25.0 Å². The van der Waals surface area contributed by atoms with Crippen molar-refractivity contribution in [2.45, 2.75) is 39.5 Å². The summed E-state index contributed by atoms with van der Waals surface area (Å²) in [6.45, 7) is 11.1. The molecule has 1 fully saturated rings. The third-order valence-electron chi connectivity index (χ3n) is 5.16. The highest BCUT2D eigenvalue weighted by Crippen LogP contribution is 2.20. The second-order valence-corrected chi connectivity index (χ2v) is 7.27. The molecule has 0 aliphatic carbocycles. The number of hydrogen-bond acceptors (Lipinski definition) is 4. The predicted octanol–water partition coefficient (Wildman–Crippen LogP) is 3.60. The Morgan fingerprint density at radius 3 is 2.75 bits per heavy atom. The largest absolute Gasteiger partial charge is 0.493 e. The molecule has 0 aromatic heterocycles. The van der Waals surface area contributed by atoms with E-state index in [0.29, 0.717) is 13.2 Å². The van der Waals surface area contributed by atoms with Crippen molar-refractivity contribution < 1.29 is 9.47 Å². The molecular formula is C22H38N4O2. The Morgan fingerprint density at radius 2 is 2.04 bits per heavy atom. The van der Waals surface area contributed by atoms with Crippen molar-refractivity contribution in [1.29, 1.82) is 0 Å². The number of likely N-dealkylation sites (tertiary alicyclic amines) is 1. The van der Waals surface area contributed by atoms with Gasteiger partial charge in [-0.1, -0.05) is 13.0 Å². The van der Waals surface area contributed by atoms with E-state index in [0.717, 1.165) is 49.2 Å². The molecule has 1 aromatic rings. The molecule has 1 aliphatic rings. The molecule has 0 atom stereocenters. The zero-order valence-corrected chi connectivity index (χ0v) is 17.9. The summed E-state index contributed by atoms with van der Waals surface area (Å²) in [5, 5.41) is 6.74. The van der Waals surface area contributed by atoms with Crippen molar-refractivity contribution in [1.82, 2.24) is 10.2 Å². The Labute approximate surface area is 170 Å². The first-order valence-corrected chi connectivity index (χ1v) is 10.7. The summed E-state index contributed by atoms with van der Waals surface area (Å²) in [4.78, 5) is 7.32. The van der Waals surface area contributed by atoms with Crippen LogP contribution in [0.25, 0.3) is 0 Å². The standard InChI is InChI=1S/C22H38N4O2/c1-4-23-22(24-13-10-19-11-14-26(5-2)15-12-19)25-20-8-6-9-21(18-20)28-17-7-16-27-3/h6,8-9,18-19H,4-5,7,10-17H2,1-3H3,(H2,23,24,25). The van der Waals surface area contributed by atoms with Crippen LogP contribution in [-0.4, -0.2) is 63.9 Å². The number of hydrogen-bond donors (Lipinski definition) is 2. The Kier molecular flexibility index (Phi) is 10.8. The van der Waals surface area contributed by atoms with E-state index in [-0.39, 0.29) is 0 Å². The van der Waals surface area contributed by atoms with E-state index in [2.05, 4.69) is 29.4 Å². The number of benzene rings is 1. The lowest BCUT2D eigenvalue weighted by Crippen LogP contribution is -2.34. The fraction of sp³-hybridized carbons (Fsp3) is 0.682. The van der Waals surface area contributed by atoms with Gasteiger partial charge in [0.1, 0.15) is 5.75 Å². The van der Waals surface area contributed by atoms with Gasteiger partial charge >= 0.3 is 0 Å². The van der Waals surface area contributed by atoms with Crippen LogP contribution in [0.3, 0.4) is 0 Å². The Morgan fingerprint density at radius 1 is 1.21 bits per heavy atom. The van der Waals surface area contributed by atoms with Crippen LogP contribution in [0.5, 0.6) is 5.75 Å². The average Bonchev–Trinajstić information content (AvgIpc) is 2.72. The van der Waals surface area contributed by atoms with Crippen molar-refractivity contribution >= 4 is 11.6 Å². The number of anilines is 1. The molecule has 6 nitrogen and oxygen atoms in total. The van der Waals surface area contributed by atoms with Crippen LogP contribution >= 0.6 is 0 Å².